The van der Waals surface area contributed by atoms with Crippen LogP contribution in [-0.2, 0) is 6.54 Å². The largest absolute Gasteiger partial charge is 0.497 e. The molecule has 1 N–H and O–H groups in total. The number of methoxy groups -OCH3 is 1. The van der Waals surface area contributed by atoms with Crippen molar-refractivity contribution in [2.75, 3.05) is 12.4 Å². The van der Waals surface area contributed by atoms with E-state index in [1.165, 1.54) is 0 Å². The van der Waals surface area contributed by atoms with E-state index in [0.717, 1.165) is 22.7 Å². The van der Waals surface area contributed by atoms with Gasteiger partial charge in [-0.05, 0) is 42.0 Å². The van der Waals surface area contributed by atoms with E-state index in [-0.39, 0.29) is 12.1 Å². The third-order valence-corrected chi connectivity index (χ3v) is 4.49. The second kappa shape index (κ2) is 6.88. The quantitative estimate of drug-likeness (QED) is 0.763. The number of benzene rings is 2. The standard InChI is InChI=1S/C21H19N3O2/c1-26-17-11-9-16(10-12-17)23-20-19-18(8-5-13-22-19)21(25)24(20)14-15-6-3-2-4-7-15/h2-13,20,23H,14H2,1H3/t20-/m0/s1. The van der Waals surface area contributed by atoms with Gasteiger partial charge >= 0.3 is 0 Å². The molecule has 1 atom stereocenters. The predicted molar refractivity (Wildman–Crippen MR) is 99.9 cm³/mol. The molecule has 2 heterocycles. The highest BCUT2D eigenvalue weighted by Gasteiger charge is 2.37. The van der Waals surface area contributed by atoms with E-state index in [1.54, 1.807) is 19.4 Å². The molecular weight excluding hydrogens is 326 g/mol. The molecule has 0 saturated carbocycles. The Morgan fingerprint density at radius 3 is 2.54 bits per heavy atom. The van der Waals surface area contributed by atoms with Crippen LogP contribution in [-0.4, -0.2) is 22.9 Å². The molecule has 0 saturated heterocycles. The summed E-state index contributed by atoms with van der Waals surface area (Å²) in [5.41, 5.74) is 3.38. The van der Waals surface area contributed by atoms with Crippen molar-refractivity contribution in [3.05, 3.63) is 89.7 Å². The second-order valence-corrected chi connectivity index (χ2v) is 6.13. The van der Waals surface area contributed by atoms with Crippen molar-refractivity contribution < 1.29 is 9.53 Å². The predicted octanol–water partition coefficient (Wildman–Crippen LogP) is 3.86. The van der Waals surface area contributed by atoms with Gasteiger partial charge < -0.3 is 15.0 Å². The molecule has 5 nitrogen and oxygen atoms in total. The Hall–Kier alpha value is -3.34. The molecule has 4 rings (SSSR count). The number of nitrogens with one attached hydrogen (secondary N) is 1. The first-order valence-electron chi connectivity index (χ1n) is 8.46. The molecule has 5 heteroatoms. The highest BCUT2D eigenvalue weighted by Crippen LogP contribution is 2.34. The number of carbonyl (C=O) groups is 1. The van der Waals surface area contributed by atoms with Gasteiger partial charge in [0.15, 0.2) is 0 Å². The number of pyridine rings is 1. The fourth-order valence-corrected chi connectivity index (χ4v) is 3.17. The summed E-state index contributed by atoms with van der Waals surface area (Å²) in [4.78, 5) is 19.2. The van der Waals surface area contributed by atoms with E-state index in [4.69, 9.17) is 4.74 Å². The van der Waals surface area contributed by atoms with Crippen LogP contribution in [0.5, 0.6) is 5.75 Å². The molecule has 0 fully saturated rings. The fraction of sp³-hybridized carbons (Fsp3) is 0.143. The Morgan fingerprint density at radius 2 is 1.81 bits per heavy atom. The number of hydrogen-bond donors (Lipinski definition) is 1. The number of anilines is 1. The third kappa shape index (κ3) is 2.99. The lowest BCUT2D eigenvalue weighted by Crippen LogP contribution is -2.32. The number of fused-ring (bicyclic) bond motifs is 1. The summed E-state index contributed by atoms with van der Waals surface area (Å²) in [5.74, 6) is 0.778. The monoisotopic (exact) mass is 345 g/mol. The summed E-state index contributed by atoms with van der Waals surface area (Å²) >= 11 is 0. The average molecular weight is 345 g/mol. The van der Waals surface area contributed by atoms with Crippen LogP contribution in [0, 0.1) is 0 Å². The first-order chi connectivity index (χ1) is 12.8. The van der Waals surface area contributed by atoms with Crippen LogP contribution < -0.4 is 10.1 Å². The summed E-state index contributed by atoms with van der Waals surface area (Å²) < 4.78 is 5.21. The van der Waals surface area contributed by atoms with Gasteiger partial charge in [0.2, 0.25) is 0 Å². The highest BCUT2D eigenvalue weighted by atomic mass is 16.5. The van der Waals surface area contributed by atoms with Crippen LogP contribution in [0.25, 0.3) is 0 Å². The lowest BCUT2D eigenvalue weighted by atomic mass is 10.2. The maximum absolute atomic E-state index is 12.9. The maximum Gasteiger partial charge on any atom is 0.258 e. The molecule has 0 spiro atoms. The molecular formula is C21H19N3O2. The normalized spacial score (nSPS) is 15.7. The lowest BCUT2D eigenvalue weighted by molar-refractivity contribution is 0.0728. The minimum absolute atomic E-state index is 0.0111. The summed E-state index contributed by atoms with van der Waals surface area (Å²) in [6.07, 6.45) is 1.41. The SMILES string of the molecule is COc1ccc(N[C@@H]2c3ncccc3C(=O)N2Cc2ccccc2)cc1. The van der Waals surface area contributed by atoms with E-state index >= 15 is 0 Å². The first kappa shape index (κ1) is 16.1. The molecule has 130 valence electrons. The molecule has 1 aliphatic rings. The minimum Gasteiger partial charge on any atom is -0.497 e. The van der Waals surface area contributed by atoms with E-state index in [0.29, 0.717) is 12.1 Å². The third-order valence-electron chi connectivity index (χ3n) is 4.49. The zero-order chi connectivity index (χ0) is 17.9. The lowest BCUT2D eigenvalue weighted by Gasteiger charge is -2.26. The van der Waals surface area contributed by atoms with Crippen molar-refractivity contribution >= 4 is 11.6 Å². The van der Waals surface area contributed by atoms with Crippen molar-refractivity contribution in [2.24, 2.45) is 0 Å². The van der Waals surface area contributed by atoms with Gasteiger partial charge in [-0.1, -0.05) is 30.3 Å². The van der Waals surface area contributed by atoms with Gasteiger partial charge in [-0.2, -0.15) is 0 Å². The highest BCUT2D eigenvalue weighted by molar-refractivity contribution is 5.98. The molecule has 2 aromatic carbocycles. The minimum atomic E-state index is -0.313. The van der Waals surface area contributed by atoms with Gasteiger partial charge in [-0.25, -0.2) is 0 Å². The zero-order valence-corrected chi connectivity index (χ0v) is 14.4. The summed E-state index contributed by atoms with van der Waals surface area (Å²) in [6, 6.07) is 21.3. The molecule has 0 aliphatic carbocycles. The number of nitrogens with zero attached hydrogens (tertiary/aromatic N) is 2. The number of ether oxygens (including phenoxy) is 1. The Kier molecular flexibility index (Phi) is 4.27. The van der Waals surface area contributed by atoms with Crippen molar-refractivity contribution in [1.82, 2.24) is 9.88 Å². The summed E-state index contributed by atoms with van der Waals surface area (Å²) in [7, 11) is 1.64. The zero-order valence-electron chi connectivity index (χ0n) is 14.4. The molecule has 1 aromatic heterocycles. The van der Waals surface area contributed by atoms with Gasteiger partial charge in [0.05, 0.1) is 18.4 Å². The molecule has 1 aliphatic heterocycles. The van der Waals surface area contributed by atoms with Crippen LogP contribution in [0.15, 0.2) is 72.9 Å². The van der Waals surface area contributed by atoms with Crippen LogP contribution >= 0.6 is 0 Å². The fourth-order valence-electron chi connectivity index (χ4n) is 3.17. The average Bonchev–Trinajstić information content (AvgIpc) is 2.95. The van der Waals surface area contributed by atoms with Gasteiger partial charge in [-0.3, -0.25) is 9.78 Å². The number of aromatic nitrogens is 1. The Balaban J connectivity index is 1.66. The molecule has 0 radical (unpaired) electrons. The van der Waals surface area contributed by atoms with Crippen LogP contribution in [0.3, 0.4) is 0 Å². The van der Waals surface area contributed by atoms with Crippen molar-refractivity contribution in [3.63, 3.8) is 0 Å². The summed E-state index contributed by atoms with van der Waals surface area (Å²) in [5, 5.41) is 3.44. The Labute approximate surface area is 152 Å². The van der Waals surface area contributed by atoms with E-state index < -0.39 is 0 Å². The molecule has 3 aromatic rings. The molecule has 0 unspecified atom stereocenters. The summed E-state index contributed by atoms with van der Waals surface area (Å²) in [6.45, 7) is 0.518. The first-order valence-corrected chi connectivity index (χ1v) is 8.46. The Morgan fingerprint density at radius 1 is 1.04 bits per heavy atom. The van der Waals surface area contributed by atoms with E-state index in [2.05, 4.69) is 10.3 Å². The second-order valence-electron chi connectivity index (χ2n) is 6.13. The molecule has 1 amide bonds. The number of hydrogen-bond acceptors (Lipinski definition) is 4. The molecule has 0 bridgehead atoms. The van der Waals surface area contributed by atoms with Crippen LogP contribution in [0.2, 0.25) is 0 Å². The van der Waals surface area contributed by atoms with E-state index in [1.807, 2.05) is 65.6 Å². The van der Waals surface area contributed by atoms with Crippen molar-refractivity contribution in [2.45, 2.75) is 12.7 Å². The number of carbonyl (C=O) groups excluding carboxylic acids is 1. The van der Waals surface area contributed by atoms with Gasteiger partial charge in [-0.15, -0.1) is 0 Å². The maximum atomic E-state index is 12.9. The number of rotatable bonds is 5. The number of amides is 1. The van der Waals surface area contributed by atoms with Crippen molar-refractivity contribution in [1.29, 1.82) is 0 Å². The topological polar surface area (TPSA) is 54.5 Å². The van der Waals surface area contributed by atoms with Gasteiger partial charge in [0.1, 0.15) is 11.9 Å². The van der Waals surface area contributed by atoms with Gasteiger partial charge in [0, 0.05) is 18.4 Å². The molecule has 26 heavy (non-hydrogen) atoms. The Bertz CT molecular complexity index is 910. The van der Waals surface area contributed by atoms with Crippen molar-refractivity contribution in [3.8, 4) is 5.75 Å². The van der Waals surface area contributed by atoms with Crippen LogP contribution in [0.4, 0.5) is 5.69 Å². The van der Waals surface area contributed by atoms with Gasteiger partial charge in [0.25, 0.3) is 5.91 Å². The van der Waals surface area contributed by atoms with Crippen LogP contribution in [0.1, 0.15) is 27.8 Å². The van der Waals surface area contributed by atoms with E-state index in [9.17, 15) is 4.79 Å². The smallest absolute Gasteiger partial charge is 0.258 e.